The molecule has 4 nitrogen and oxygen atoms in total. The number of aryl methyl sites for hydroxylation is 1. The van der Waals surface area contributed by atoms with E-state index in [2.05, 4.69) is 35.9 Å². The highest BCUT2D eigenvalue weighted by molar-refractivity contribution is 5.43. The molecule has 2 rings (SSSR count). The predicted octanol–water partition coefficient (Wildman–Crippen LogP) is 2.52. The quantitative estimate of drug-likeness (QED) is 0.876. The average molecular weight is 270 g/mol. The van der Waals surface area contributed by atoms with Gasteiger partial charge in [0.05, 0.1) is 12.2 Å². The topological polar surface area (TPSA) is 55.0 Å². The minimum atomic E-state index is 0.545. The summed E-state index contributed by atoms with van der Waals surface area (Å²) in [6, 6.07) is 10.1. The van der Waals surface area contributed by atoms with Gasteiger partial charge >= 0.3 is 0 Å². The number of rotatable bonds is 6. The van der Waals surface area contributed by atoms with Gasteiger partial charge in [0.2, 0.25) is 0 Å². The molecule has 0 unspecified atom stereocenters. The fraction of sp³-hybridized carbons (Fsp3) is 0.375. The van der Waals surface area contributed by atoms with Crippen LogP contribution in [0.15, 0.2) is 36.5 Å². The molecular formula is C16H22N4. The summed E-state index contributed by atoms with van der Waals surface area (Å²) in [4.78, 5) is 11.3. The van der Waals surface area contributed by atoms with Crippen LogP contribution < -0.4 is 10.6 Å². The molecule has 0 radical (unpaired) electrons. The Morgan fingerprint density at radius 2 is 2.00 bits per heavy atom. The standard InChI is InChI=1S/C16H22N4/c1-3-14-9-13(11-17)10-16(19-14)20(4-2)12-15-7-5-6-8-18-15/h5-10H,3-4,11-12,17H2,1-2H3. The van der Waals surface area contributed by atoms with Crippen molar-refractivity contribution in [2.24, 2.45) is 5.73 Å². The Morgan fingerprint density at radius 3 is 2.60 bits per heavy atom. The van der Waals surface area contributed by atoms with Crippen LogP contribution in [0, 0.1) is 0 Å². The summed E-state index contributed by atoms with van der Waals surface area (Å²) in [6.45, 7) is 6.44. The Balaban J connectivity index is 2.26. The van der Waals surface area contributed by atoms with E-state index < -0.39 is 0 Å². The van der Waals surface area contributed by atoms with Gasteiger partial charge in [0.1, 0.15) is 5.82 Å². The van der Waals surface area contributed by atoms with Crippen LogP contribution in [0.3, 0.4) is 0 Å². The molecule has 2 heterocycles. The number of hydrogen-bond acceptors (Lipinski definition) is 4. The molecule has 0 spiro atoms. The zero-order valence-corrected chi connectivity index (χ0v) is 12.2. The molecule has 0 fully saturated rings. The van der Waals surface area contributed by atoms with E-state index in [-0.39, 0.29) is 0 Å². The molecule has 4 heteroatoms. The summed E-state index contributed by atoms with van der Waals surface area (Å²) in [6.07, 6.45) is 2.74. The summed E-state index contributed by atoms with van der Waals surface area (Å²) in [7, 11) is 0. The summed E-state index contributed by atoms with van der Waals surface area (Å²) in [5, 5.41) is 0. The smallest absolute Gasteiger partial charge is 0.129 e. The van der Waals surface area contributed by atoms with Crippen molar-refractivity contribution >= 4 is 5.82 Å². The number of aromatic nitrogens is 2. The van der Waals surface area contributed by atoms with E-state index in [1.165, 1.54) is 0 Å². The fourth-order valence-electron chi connectivity index (χ4n) is 2.14. The molecular weight excluding hydrogens is 248 g/mol. The van der Waals surface area contributed by atoms with Gasteiger partial charge in [-0.2, -0.15) is 0 Å². The Labute approximate surface area is 120 Å². The Kier molecular flexibility index (Phi) is 5.07. The van der Waals surface area contributed by atoms with Gasteiger partial charge in [-0.3, -0.25) is 4.98 Å². The molecule has 0 aliphatic rings. The van der Waals surface area contributed by atoms with Gasteiger partial charge in [-0.1, -0.05) is 13.0 Å². The monoisotopic (exact) mass is 270 g/mol. The lowest BCUT2D eigenvalue weighted by atomic mass is 10.2. The van der Waals surface area contributed by atoms with Gasteiger partial charge in [0.15, 0.2) is 0 Å². The van der Waals surface area contributed by atoms with Crippen molar-refractivity contribution in [3.8, 4) is 0 Å². The highest BCUT2D eigenvalue weighted by Gasteiger charge is 2.09. The molecule has 2 N–H and O–H groups in total. The number of pyridine rings is 2. The van der Waals surface area contributed by atoms with Gasteiger partial charge in [-0.05, 0) is 43.2 Å². The van der Waals surface area contributed by atoms with E-state index in [9.17, 15) is 0 Å². The summed E-state index contributed by atoms with van der Waals surface area (Å²) in [5.41, 5.74) is 9.04. The maximum atomic E-state index is 5.78. The minimum Gasteiger partial charge on any atom is -0.351 e. The number of anilines is 1. The second kappa shape index (κ2) is 7.01. The van der Waals surface area contributed by atoms with Gasteiger partial charge in [-0.25, -0.2) is 4.98 Å². The lowest BCUT2D eigenvalue weighted by Gasteiger charge is -2.22. The second-order valence-corrected chi connectivity index (χ2v) is 4.72. The molecule has 106 valence electrons. The minimum absolute atomic E-state index is 0.545. The van der Waals surface area contributed by atoms with E-state index >= 15 is 0 Å². The fourth-order valence-corrected chi connectivity index (χ4v) is 2.14. The van der Waals surface area contributed by atoms with Crippen molar-refractivity contribution in [1.82, 2.24) is 9.97 Å². The van der Waals surface area contributed by atoms with E-state index in [1.807, 2.05) is 24.4 Å². The van der Waals surface area contributed by atoms with Gasteiger partial charge in [0.25, 0.3) is 0 Å². The molecule has 0 aliphatic heterocycles. The van der Waals surface area contributed by atoms with Crippen molar-refractivity contribution in [1.29, 1.82) is 0 Å². The van der Waals surface area contributed by atoms with E-state index in [1.54, 1.807) is 0 Å². The van der Waals surface area contributed by atoms with Crippen LogP contribution in [-0.2, 0) is 19.5 Å². The van der Waals surface area contributed by atoms with Gasteiger partial charge in [-0.15, -0.1) is 0 Å². The van der Waals surface area contributed by atoms with Gasteiger partial charge in [0, 0.05) is 25.0 Å². The normalized spacial score (nSPS) is 10.6. The van der Waals surface area contributed by atoms with E-state index in [0.29, 0.717) is 6.54 Å². The van der Waals surface area contributed by atoms with Crippen molar-refractivity contribution in [3.05, 3.63) is 53.5 Å². The van der Waals surface area contributed by atoms with Crippen molar-refractivity contribution in [2.75, 3.05) is 11.4 Å². The van der Waals surface area contributed by atoms with Crippen molar-refractivity contribution in [3.63, 3.8) is 0 Å². The largest absolute Gasteiger partial charge is 0.351 e. The summed E-state index contributed by atoms with van der Waals surface area (Å²) in [5.74, 6) is 0.984. The van der Waals surface area contributed by atoms with E-state index in [0.717, 1.165) is 42.3 Å². The SMILES string of the molecule is CCc1cc(CN)cc(N(CC)Cc2ccccn2)n1. The molecule has 0 amide bonds. The zero-order chi connectivity index (χ0) is 14.4. The van der Waals surface area contributed by atoms with Gasteiger partial charge < -0.3 is 10.6 Å². The van der Waals surface area contributed by atoms with Crippen LogP contribution in [-0.4, -0.2) is 16.5 Å². The molecule has 0 saturated heterocycles. The summed E-state index contributed by atoms with van der Waals surface area (Å²) < 4.78 is 0. The number of nitrogens with zero attached hydrogens (tertiary/aromatic N) is 3. The Hall–Kier alpha value is -1.94. The highest BCUT2D eigenvalue weighted by atomic mass is 15.2. The van der Waals surface area contributed by atoms with Crippen LogP contribution in [0.5, 0.6) is 0 Å². The predicted molar refractivity (Wildman–Crippen MR) is 82.5 cm³/mol. The lowest BCUT2D eigenvalue weighted by molar-refractivity contribution is 0.785. The third-order valence-corrected chi connectivity index (χ3v) is 3.31. The third kappa shape index (κ3) is 3.54. The van der Waals surface area contributed by atoms with Crippen LogP contribution in [0.4, 0.5) is 5.82 Å². The zero-order valence-electron chi connectivity index (χ0n) is 12.2. The first kappa shape index (κ1) is 14.5. The van der Waals surface area contributed by atoms with Crippen LogP contribution in [0.25, 0.3) is 0 Å². The molecule has 0 aromatic carbocycles. The first-order valence-electron chi connectivity index (χ1n) is 7.11. The van der Waals surface area contributed by atoms with E-state index in [4.69, 9.17) is 10.7 Å². The first-order valence-corrected chi connectivity index (χ1v) is 7.11. The van der Waals surface area contributed by atoms with Crippen molar-refractivity contribution in [2.45, 2.75) is 33.4 Å². The summed E-state index contributed by atoms with van der Waals surface area (Å²) >= 11 is 0. The Morgan fingerprint density at radius 1 is 1.15 bits per heavy atom. The Bertz CT molecular complexity index is 517. The van der Waals surface area contributed by atoms with Crippen LogP contribution in [0.2, 0.25) is 0 Å². The molecule has 0 aliphatic carbocycles. The first-order chi connectivity index (χ1) is 9.76. The molecule has 20 heavy (non-hydrogen) atoms. The highest BCUT2D eigenvalue weighted by Crippen LogP contribution is 2.17. The average Bonchev–Trinajstić information content (AvgIpc) is 2.53. The number of hydrogen-bond donors (Lipinski definition) is 1. The molecule has 0 atom stereocenters. The third-order valence-electron chi connectivity index (χ3n) is 3.31. The molecule has 2 aromatic heterocycles. The lowest BCUT2D eigenvalue weighted by Crippen LogP contribution is -2.24. The molecule has 2 aromatic rings. The van der Waals surface area contributed by atoms with Crippen LogP contribution in [0.1, 0.15) is 30.8 Å². The molecule has 0 saturated carbocycles. The van der Waals surface area contributed by atoms with Crippen molar-refractivity contribution < 1.29 is 0 Å². The van der Waals surface area contributed by atoms with Crippen LogP contribution >= 0.6 is 0 Å². The number of nitrogens with two attached hydrogens (primary N) is 1. The maximum Gasteiger partial charge on any atom is 0.129 e. The maximum absolute atomic E-state index is 5.78. The molecule has 0 bridgehead atoms. The second-order valence-electron chi connectivity index (χ2n) is 4.72.